The van der Waals surface area contributed by atoms with Crippen molar-refractivity contribution in [2.75, 3.05) is 45.9 Å². The molecule has 0 atom stereocenters. The van der Waals surface area contributed by atoms with E-state index in [-0.39, 0.29) is 11.4 Å². The van der Waals surface area contributed by atoms with Crippen LogP contribution in [-0.4, -0.2) is 76.6 Å². The van der Waals surface area contributed by atoms with Crippen molar-refractivity contribution in [3.8, 4) is 0 Å². The monoisotopic (exact) mass is 413 g/mol. The van der Waals surface area contributed by atoms with Crippen LogP contribution in [0, 0.1) is 6.92 Å². The summed E-state index contributed by atoms with van der Waals surface area (Å²) in [6.45, 7) is 13.2. The van der Waals surface area contributed by atoms with E-state index in [0.29, 0.717) is 12.2 Å². The first-order valence-electron chi connectivity index (χ1n) is 11.3. The van der Waals surface area contributed by atoms with Gasteiger partial charge in [0.15, 0.2) is 5.69 Å². The zero-order chi connectivity index (χ0) is 21.1. The molecule has 2 aliphatic heterocycles. The first-order chi connectivity index (χ1) is 14.5. The fourth-order valence-corrected chi connectivity index (χ4v) is 4.61. The molecule has 2 aromatic rings. The van der Waals surface area contributed by atoms with Gasteiger partial charge in [-0.05, 0) is 51.7 Å². The summed E-state index contributed by atoms with van der Waals surface area (Å²) >= 11 is 0. The molecular weight excluding hydrogens is 378 g/mol. The molecular formula is C23H35N5O2. The first-order valence-corrected chi connectivity index (χ1v) is 11.3. The van der Waals surface area contributed by atoms with Crippen LogP contribution in [0.3, 0.4) is 0 Å². The minimum Gasteiger partial charge on any atom is -0.379 e. The molecule has 4 heterocycles. The number of piperidine rings is 1. The number of hydrogen-bond donors (Lipinski definition) is 1. The molecule has 2 aliphatic rings. The van der Waals surface area contributed by atoms with E-state index in [1.807, 2.05) is 17.2 Å². The third-order valence-corrected chi connectivity index (χ3v) is 6.51. The van der Waals surface area contributed by atoms with E-state index in [1.165, 1.54) is 6.42 Å². The normalized spacial score (nSPS) is 18.8. The number of nitrogens with one attached hydrogen (secondary N) is 1. The average Bonchev–Trinajstić information content (AvgIpc) is 3.14. The lowest BCUT2D eigenvalue weighted by Crippen LogP contribution is -2.54. The summed E-state index contributed by atoms with van der Waals surface area (Å²) in [6, 6.07) is 4.08. The van der Waals surface area contributed by atoms with E-state index in [9.17, 15) is 4.79 Å². The Kier molecular flexibility index (Phi) is 6.41. The maximum atomic E-state index is 13.3. The SMILES string of the molecule is Cc1cccn2c(CNCC(C)(C)N3CCOCC3)c(C(=O)N3CCCCC3)nc12. The molecule has 7 nitrogen and oxygen atoms in total. The number of morpholine rings is 1. The summed E-state index contributed by atoms with van der Waals surface area (Å²) in [5.41, 5.74) is 3.55. The largest absolute Gasteiger partial charge is 0.379 e. The molecule has 30 heavy (non-hydrogen) atoms. The molecule has 2 fully saturated rings. The van der Waals surface area contributed by atoms with E-state index < -0.39 is 0 Å². The number of hydrogen-bond acceptors (Lipinski definition) is 5. The van der Waals surface area contributed by atoms with Crippen molar-refractivity contribution >= 4 is 11.6 Å². The molecule has 2 aromatic heterocycles. The van der Waals surface area contributed by atoms with Crippen LogP contribution in [0.2, 0.25) is 0 Å². The van der Waals surface area contributed by atoms with Crippen molar-refractivity contribution < 1.29 is 9.53 Å². The molecule has 0 saturated carbocycles. The van der Waals surface area contributed by atoms with E-state index in [1.54, 1.807) is 0 Å². The Morgan fingerprint density at radius 3 is 2.63 bits per heavy atom. The van der Waals surface area contributed by atoms with Gasteiger partial charge in [0.05, 0.1) is 18.9 Å². The molecule has 7 heteroatoms. The van der Waals surface area contributed by atoms with E-state index >= 15 is 0 Å². The Morgan fingerprint density at radius 1 is 1.17 bits per heavy atom. The van der Waals surface area contributed by atoms with Crippen LogP contribution in [0.5, 0.6) is 0 Å². The molecule has 0 aromatic carbocycles. The van der Waals surface area contributed by atoms with Gasteiger partial charge in [0.25, 0.3) is 5.91 Å². The lowest BCUT2D eigenvalue weighted by Gasteiger charge is -2.41. The maximum absolute atomic E-state index is 13.3. The van der Waals surface area contributed by atoms with Crippen LogP contribution in [0.25, 0.3) is 5.65 Å². The van der Waals surface area contributed by atoms with Crippen molar-refractivity contribution in [3.63, 3.8) is 0 Å². The second-order valence-electron chi connectivity index (χ2n) is 9.16. The molecule has 0 unspecified atom stereocenters. The summed E-state index contributed by atoms with van der Waals surface area (Å²) in [4.78, 5) is 22.6. The van der Waals surface area contributed by atoms with Gasteiger partial charge in [-0.3, -0.25) is 9.69 Å². The van der Waals surface area contributed by atoms with Crippen molar-refractivity contribution in [2.24, 2.45) is 0 Å². The van der Waals surface area contributed by atoms with Crippen LogP contribution in [0.15, 0.2) is 18.3 Å². The third-order valence-electron chi connectivity index (χ3n) is 6.51. The summed E-state index contributed by atoms with van der Waals surface area (Å²) in [6.07, 6.45) is 5.39. The summed E-state index contributed by atoms with van der Waals surface area (Å²) < 4.78 is 7.59. The molecule has 0 radical (unpaired) electrons. The summed E-state index contributed by atoms with van der Waals surface area (Å²) in [5, 5.41) is 3.62. The number of aryl methyl sites for hydroxylation is 1. The molecule has 2 saturated heterocycles. The molecule has 1 N–H and O–H groups in total. The number of fused-ring (bicyclic) bond motifs is 1. The summed E-state index contributed by atoms with van der Waals surface area (Å²) in [5.74, 6) is 0.0713. The quantitative estimate of drug-likeness (QED) is 0.788. The Bertz CT molecular complexity index is 879. The minimum atomic E-state index is 0.0250. The zero-order valence-electron chi connectivity index (χ0n) is 18.6. The smallest absolute Gasteiger partial charge is 0.274 e. The fourth-order valence-electron chi connectivity index (χ4n) is 4.61. The number of carbonyl (C=O) groups is 1. The van der Waals surface area contributed by atoms with Crippen LogP contribution in [0.4, 0.5) is 0 Å². The number of pyridine rings is 1. The number of ether oxygens (including phenoxy) is 1. The van der Waals surface area contributed by atoms with Crippen LogP contribution in [-0.2, 0) is 11.3 Å². The highest BCUT2D eigenvalue weighted by Crippen LogP contribution is 2.21. The predicted molar refractivity (Wildman–Crippen MR) is 118 cm³/mol. The predicted octanol–water partition coefficient (Wildman–Crippen LogP) is 2.47. The molecule has 0 spiro atoms. The van der Waals surface area contributed by atoms with Crippen molar-refractivity contribution in [3.05, 3.63) is 35.3 Å². The molecule has 0 bridgehead atoms. The second-order valence-corrected chi connectivity index (χ2v) is 9.16. The first kappa shape index (κ1) is 21.3. The highest BCUT2D eigenvalue weighted by Gasteiger charge is 2.29. The number of likely N-dealkylation sites (tertiary alicyclic amines) is 1. The maximum Gasteiger partial charge on any atom is 0.274 e. The van der Waals surface area contributed by atoms with E-state index in [0.717, 1.165) is 75.7 Å². The highest BCUT2D eigenvalue weighted by molar-refractivity contribution is 5.94. The van der Waals surface area contributed by atoms with Crippen LogP contribution < -0.4 is 5.32 Å². The van der Waals surface area contributed by atoms with Crippen molar-refractivity contribution in [1.82, 2.24) is 24.5 Å². The van der Waals surface area contributed by atoms with E-state index in [2.05, 4.69) is 41.5 Å². The lowest BCUT2D eigenvalue weighted by atomic mass is 10.0. The van der Waals surface area contributed by atoms with Gasteiger partial charge in [-0.2, -0.15) is 0 Å². The molecule has 4 rings (SSSR count). The zero-order valence-corrected chi connectivity index (χ0v) is 18.6. The van der Waals surface area contributed by atoms with E-state index in [4.69, 9.17) is 9.72 Å². The minimum absolute atomic E-state index is 0.0250. The number of rotatable bonds is 6. The number of aromatic nitrogens is 2. The Labute approximate surface area is 179 Å². The van der Waals surface area contributed by atoms with Gasteiger partial charge in [0.2, 0.25) is 0 Å². The number of imidazole rings is 1. The van der Waals surface area contributed by atoms with Gasteiger partial charge in [-0.25, -0.2) is 4.98 Å². The Balaban J connectivity index is 1.54. The average molecular weight is 414 g/mol. The number of nitrogens with zero attached hydrogens (tertiary/aromatic N) is 4. The number of carbonyl (C=O) groups excluding carboxylic acids is 1. The second kappa shape index (κ2) is 9.04. The van der Waals surface area contributed by atoms with Crippen molar-refractivity contribution in [2.45, 2.75) is 52.1 Å². The Morgan fingerprint density at radius 2 is 1.90 bits per heavy atom. The lowest BCUT2D eigenvalue weighted by molar-refractivity contribution is -0.00969. The summed E-state index contributed by atoms with van der Waals surface area (Å²) in [7, 11) is 0. The Hall–Kier alpha value is -1.96. The van der Waals surface area contributed by atoms with Crippen LogP contribution >= 0.6 is 0 Å². The van der Waals surface area contributed by atoms with Crippen molar-refractivity contribution in [1.29, 1.82) is 0 Å². The van der Waals surface area contributed by atoms with Crippen LogP contribution in [0.1, 0.15) is 54.9 Å². The van der Waals surface area contributed by atoms with Gasteiger partial charge in [-0.15, -0.1) is 0 Å². The highest BCUT2D eigenvalue weighted by atomic mass is 16.5. The molecule has 164 valence electrons. The van der Waals surface area contributed by atoms with Gasteiger partial charge in [0, 0.05) is 51.0 Å². The fraction of sp³-hybridized carbons (Fsp3) is 0.652. The van der Waals surface area contributed by atoms with Gasteiger partial charge in [0.1, 0.15) is 5.65 Å². The number of amides is 1. The van der Waals surface area contributed by atoms with Gasteiger partial charge < -0.3 is 19.4 Å². The van der Waals surface area contributed by atoms with Gasteiger partial charge in [-0.1, -0.05) is 6.07 Å². The molecule has 1 amide bonds. The third kappa shape index (κ3) is 4.38. The van der Waals surface area contributed by atoms with Gasteiger partial charge >= 0.3 is 0 Å². The molecule has 0 aliphatic carbocycles. The standard InChI is InChI=1S/C23H35N5O2/c1-18-8-7-11-28-19(16-24-17-23(2,3)27-12-14-30-15-13-27)20(25-21(18)28)22(29)26-9-5-4-6-10-26/h7-8,11,24H,4-6,9-10,12-17H2,1-3H3. The topological polar surface area (TPSA) is 62.1 Å².